The van der Waals surface area contributed by atoms with Crippen LogP contribution in [0.1, 0.15) is 58.7 Å². The van der Waals surface area contributed by atoms with E-state index < -0.39 is 17.6 Å². The van der Waals surface area contributed by atoms with Gasteiger partial charge in [-0.15, -0.1) is 0 Å². The molecule has 232 valence electrons. The van der Waals surface area contributed by atoms with Crippen molar-refractivity contribution in [2.45, 2.75) is 51.0 Å². The predicted molar refractivity (Wildman–Crippen MR) is 167 cm³/mol. The number of nitrogens with zero attached hydrogens (tertiary/aromatic N) is 5. The normalized spacial score (nSPS) is 18.6. The van der Waals surface area contributed by atoms with Crippen molar-refractivity contribution in [1.82, 2.24) is 24.0 Å². The summed E-state index contributed by atoms with van der Waals surface area (Å²) in [6.07, 6.45) is 6.30. The number of fused-ring (bicyclic) bond motifs is 2. The Morgan fingerprint density at radius 1 is 1.13 bits per heavy atom. The summed E-state index contributed by atoms with van der Waals surface area (Å²) in [4.78, 5) is 23.5. The number of para-hydroxylation sites is 1. The van der Waals surface area contributed by atoms with Crippen LogP contribution < -0.4 is 9.47 Å². The summed E-state index contributed by atoms with van der Waals surface area (Å²) in [6, 6.07) is 15.5. The van der Waals surface area contributed by atoms with Gasteiger partial charge in [-0.3, -0.25) is 4.90 Å². The minimum atomic E-state index is -1.29. The number of aromatic carboxylic acids is 1. The molecule has 45 heavy (non-hydrogen) atoms. The number of imidazole rings is 2. The van der Waals surface area contributed by atoms with E-state index in [0.29, 0.717) is 41.6 Å². The molecular formula is C34H33ClFN5O4. The molecule has 5 aromatic rings. The van der Waals surface area contributed by atoms with E-state index in [1.165, 1.54) is 6.07 Å². The van der Waals surface area contributed by atoms with E-state index in [9.17, 15) is 14.3 Å². The van der Waals surface area contributed by atoms with Gasteiger partial charge in [0.25, 0.3) is 5.79 Å². The summed E-state index contributed by atoms with van der Waals surface area (Å²) in [7, 11) is 1.94. The second-order valence-corrected chi connectivity index (χ2v) is 12.4. The van der Waals surface area contributed by atoms with E-state index >= 15 is 0 Å². The Morgan fingerprint density at radius 3 is 2.69 bits per heavy atom. The Morgan fingerprint density at radius 2 is 1.96 bits per heavy atom. The minimum absolute atomic E-state index is 0.241. The quantitative estimate of drug-likeness (QED) is 0.209. The van der Waals surface area contributed by atoms with Crippen molar-refractivity contribution < 1.29 is 23.8 Å². The number of carbonyl (C=O) groups is 1. The van der Waals surface area contributed by atoms with Crippen molar-refractivity contribution in [1.29, 1.82) is 0 Å². The fraction of sp³-hybridized carbons (Fsp3) is 0.324. The van der Waals surface area contributed by atoms with Gasteiger partial charge in [0.1, 0.15) is 11.6 Å². The summed E-state index contributed by atoms with van der Waals surface area (Å²) in [6.45, 7) is 4.71. The highest BCUT2D eigenvalue weighted by Gasteiger charge is 2.43. The van der Waals surface area contributed by atoms with Gasteiger partial charge in [-0.25, -0.2) is 19.2 Å². The van der Waals surface area contributed by atoms with Gasteiger partial charge >= 0.3 is 5.97 Å². The highest BCUT2D eigenvalue weighted by molar-refractivity contribution is 6.30. The third kappa shape index (κ3) is 5.64. The summed E-state index contributed by atoms with van der Waals surface area (Å²) in [5, 5.41) is 9.93. The lowest BCUT2D eigenvalue weighted by molar-refractivity contribution is -0.0712. The van der Waals surface area contributed by atoms with Crippen molar-refractivity contribution >= 4 is 28.6 Å². The molecular weight excluding hydrogens is 597 g/mol. The van der Waals surface area contributed by atoms with Crippen LogP contribution in [0.15, 0.2) is 67.1 Å². The van der Waals surface area contributed by atoms with Crippen LogP contribution in [-0.2, 0) is 32.3 Å². The zero-order valence-corrected chi connectivity index (χ0v) is 25.8. The largest absolute Gasteiger partial charge is 0.478 e. The smallest absolute Gasteiger partial charge is 0.335 e. The van der Waals surface area contributed by atoms with Gasteiger partial charge in [-0.2, -0.15) is 0 Å². The van der Waals surface area contributed by atoms with Gasteiger partial charge in [0.05, 0.1) is 40.7 Å². The molecule has 4 heterocycles. The Hall–Kier alpha value is -4.41. The topological polar surface area (TPSA) is 94.6 Å². The van der Waals surface area contributed by atoms with Crippen LogP contribution in [0.3, 0.4) is 0 Å². The van der Waals surface area contributed by atoms with Crippen LogP contribution in [0, 0.1) is 5.82 Å². The lowest BCUT2D eigenvalue weighted by Gasteiger charge is -2.32. The number of halogens is 2. The first-order valence-electron chi connectivity index (χ1n) is 15.0. The Labute approximate surface area is 264 Å². The Kier molecular flexibility index (Phi) is 7.49. The standard InChI is InChI=1S/C34H33ClFN5O4/c1-34(26-8-7-23(35)17-27(26)36)44-30-5-3-4-25(32(30)45-34)21-10-13-40(14-11-21)19-31-38-28-9-6-22(33(42)43)16-29(28)41(31)15-12-24-18-39(2)20-37-24/h3-9,16-18,20-21H,10-15,19H2,1-2H3,(H,42,43). The molecule has 3 aromatic carbocycles. The molecule has 1 saturated heterocycles. The third-order valence-electron chi connectivity index (χ3n) is 8.85. The SMILES string of the molecule is Cn1cnc(CCn2c(CN3CCC(c4cccc5c4OC(C)(c4ccc(Cl)cc4F)O5)CC3)nc3ccc(C(=O)O)cc32)c1. The van der Waals surface area contributed by atoms with Crippen molar-refractivity contribution in [2.75, 3.05) is 13.1 Å². The van der Waals surface area contributed by atoms with Gasteiger partial charge in [-0.1, -0.05) is 23.7 Å². The van der Waals surface area contributed by atoms with E-state index in [0.717, 1.165) is 54.0 Å². The number of aromatic nitrogens is 4. The molecule has 0 radical (unpaired) electrons. The highest BCUT2D eigenvalue weighted by atomic mass is 35.5. The molecule has 11 heteroatoms. The first-order chi connectivity index (χ1) is 21.7. The second-order valence-electron chi connectivity index (χ2n) is 12.0. The molecule has 1 N–H and O–H groups in total. The molecule has 2 aliphatic rings. The summed E-state index contributed by atoms with van der Waals surface area (Å²) >= 11 is 5.98. The maximum atomic E-state index is 14.8. The van der Waals surface area contributed by atoms with Crippen LogP contribution >= 0.6 is 11.6 Å². The molecule has 9 nitrogen and oxygen atoms in total. The van der Waals surface area contributed by atoms with E-state index in [4.69, 9.17) is 26.1 Å². The van der Waals surface area contributed by atoms with Crippen molar-refractivity contribution in [2.24, 2.45) is 7.05 Å². The number of aryl methyl sites for hydroxylation is 3. The second kappa shape index (κ2) is 11.5. The Balaban J connectivity index is 1.08. The van der Waals surface area contributed by atoms with Crippen molar-refractivity contribution in [3.8, 4) is 11.5 Å². The fourth-order valence-electron chi connectivity index (χ4n) is 6.54. The zero-order valence-electron chi connectivity index (χ0n) is 25.0. The van der Waals surface area contributed by atoms with Crippen LogP contribution in [0.2, 0.25) is 5.02 Å². The average Bonchev–Trinajstić information content (AvgIpc) is 3.69. The molecule has 2 aromatic heterocycles. The van der Waals surface area contributed by atoms with Gasteiger partial charge in [0.2, 0.25) is 0 Å². The minimum Gasteiger partial charge on any atom is -0.478 e. The van der Waals surface area contributed by atoms with Gasteiger partial charge in [0, 0.05) is 43.7 Å². The van der Waals surface area contributed by atoms with Gasteiger partial charge in [0.15, 0.2) is 11.5 Å². The highest BCUT2D eigenvalue weighted by Crippen LogP contribution is 2.49. The molecule has 0 aliphatic carbocycles. The Bertz CT molecular complexity index is 1910. The van der Waals surface area contributed by atoms with E-state index in [1.54, 1.807) is 43.6 Å². The molecule has 2 aliphatic heterocycles. The lowest BCUT2D eigenvalue weighted by Crippen LogP contribution is -2.34. The molecule has 0 bridgehead atoms. The number of rotatable bonds is 8. The van der Waals surface area contributed by atoms with Crippen LogP contribution in [-0.4, -0.2) is 48.2 Å². The first-order valence-corrected chi connectivity index (χ1v) is 15.4. The van der Waals surface area contributed by atoms with E-state index in [-0.39, 0.29) is 11.5 Å². The number of hydrogen-bond acceptors (Lipinski definition) is 6. The number of piperidine rings is 1. The molecule has 0 saturated carbocycles. The van der Waals surface area contributed by atoms with Crippen LogP contribution in [0.4, 0.5) is 4.39 Å². The van der Waals surface area contributed by atoms with Crippen LogP contribution in [0.25, 0.3) is 11.0 Å². The van der Waals surface area contributed by atoms with Crippen molar-refractivity contribution in [3.63, 3.8) is 0 Å². The monoisotopic (exact) mass is 629 g/mol. The molecule has 7 rings (SSSR count). The summed E-state index contributed by atoms with van der Waals surface area (Å²) in [5.41, 5.74) is 4.16. The summed E-state index contributed by atoms with van der Waals surface area (Å²) < 4.78 is 31.5. The lowest BCUT2D eigenvalue weighted by atomic mass is 9.88. The number of carboxylic acids is 1. The molecule has 0 spiro atoms. The third-order valence-corrected chi connectivity index (χ3v) is 9.08. The van der Waals surface area contributed by atoms with Gasteiger partial charge < -0.3 is 23.7 Å². The first kappa shape index (κ1) is 29.3. The molecule has 1 atom stereocenters. The predicted octanol–water partition coefficient (Wildman–Crippen LogP) is 6.53. The van der Waals surface area contributed by atoms with E-state index in [2.05, 4.69) is 20.5 Å². The number of ether oxygens (including phenoxy) is 2. The van der Waals surface area contributed by atoms with Gasteiger partial charge in [-0.05, 0) is 74.3 Å². The molecule has 1 fully saturated rings. The van der Waals surface area contributed by atoms with Crippen LogP contribution in [0.5, 0.6) is 11.5 Å². The number of carboxylic acid groups (broad SMARTS) is 1. The summed E-state index contributed by atoms with van der Waals surface area (Å²) in [5.74, 6) is -0.301. The van der Waals surface area contributed by atoms with E-state index in [1.807, 2.05) is 29.9 Å². The number of likely N-dealkylation sites (tertiary alicyclic amines) is 1. The van der Waals surface area contributed by atoms with Crippen molar-refractivity contribution in [3.05, 3.63) is 106 Å². The molecule has 0 amide bonds. The number of benzene rings is 3. The molecule has 1 unspecified atom stereocenters. The fourth-order valence-corrected chi connectivity index (χ4v) is 6.70. The number of hydrogen-bond donors (Lipinski definition) is 1. The maximum absolute atomic E-state index is 14.8. The average molecular weight is 630 g/mol. The zero-order chi connectivity index (χ0) is 31.3. The maximum Gasteiger partial charge on any atom is 0.335 e.